The van der Waals surface area contributed by atoms with E-state index in [1.807, 2.05) is 0 Å². The summed E-state index contributed by atoms with van der Waals surface area (Å²) in [6, 6.07) is 7.55. The van der Waals surface area contributed by atoms with E-state index in [9.17, 15) is 18.0 Å². The van der Waals surface area contributed by atoms with Crippen LogP contribution < -0.4 is 5.32 Å². The third-order valence-corrected chi connectivity index (χ3v) is 4.19. The van der Waals surface area contributed by atoms with Crippen molar-refractivity contribution in [2.75, 3.05) is 13.2 Å². The molecule has 1 heterocycles. The molecule has 1 aromatic heterocycles. The summed E-state index contributed by atoms with van der Waals surface area (Å²) in [4.78, 5) is 14.5. The maximum atomic E-state index is 14.2. The third-order valence-electron chi connectivity index (χ3n) is 4.19. The molecule has 8 heteroatoms. The van der Waals surface area contributed by atoms with Gasteiger partial charge in [0.1, 0.15) is 17.5 Å². The Hall–Kier alpha value is -3.00. The van der Waals surface area contributed by atoms with E-state index in [-0.39, 0.29) is 25.1 Å². The average molecular weight is 392 g/mol. The van der Waals surface area contributed by atoms with Crippen LogP contribution in [0.2, 0.25) is 0 Å². The minimum atomic E-state index is -0.750. The molecule has 1 amide bonds. The summed E-state index contributed by atoms with van der Waals surface area (Å²) in [6.45, 7) is 1.51. The number of aromatic nitrogens is 1. The lowest BCUT2D eigenvalue weighted by Crippen LogP contribution is -2.31. The molecule has 2 aromatic carbocycles. The summed E-state index contributed by atoms with van der Waals surface area (Å²) in [5, 5.41) is 11.9. The van der Waals surface area contributed by atoms with E-state index in [1.165, 1.54) is 37.3 Å². The van der Waals surface area contributed by atoms with Crippen LogP contribution in [0.5, 0.6) is 0 Å². The maximum Gasteiger partial charge on any atom is 0.407 e. The van der Waals surface area contributed by atoms with Gasteiger partial charge in [-0.1, -0.05) is 0 Å². The molecule has 0 saturated heterocycles. The van der Waals surface area contributed by atoms with Gasteiger partial charge in [-0.2, -0.15) is 0 Å². The summed E-state index contributed by atoms with van der Waals surface area (Å²) in [7, 11) is 0. The zero-order chi connectivity index (χ0) is 20.3. The quantitative estimate of drug-likeness (QED) is 0.596. The predicted octanol–water partition coefficient (Wildman–Crippen LogP) is 3.90. The second kappa shape index (κ2) is 8.35. The summed E-state index contributed by atoms with van der Waals surface area (Å²) in [6.07, 6.45) is -1.24. The second-order valence-electron chi connectivity index (χ2n) is 6.41. The van der Waals surface area contributed by atoms with Gasteiger partial charge in [0.15, 0.2) is 0 Å². The van der Waals surface area contributed by atoms with E-state index >= 15 is 0 Å². The highest BCUT2D eigenvalue weighted by Crippen LogP contribution is 2.32. The molecule has 148 valence electrons. The van der Waals surface area contributed by atoms with Crippen molar-refractivity contribution in [3.8, 4) is 11.3 Å². The zero-order valence-corrected chi connectivity index (χ0v) is 15.1. The minimum absolute atomic E-state index is 0.0448. The molecule has 0 aliphatic rings. The van der Waals surface area contributed by atoms with Crippen molar-refractivity contribution in [1.29, 1.82) is 0 Å². The lowest BCUT2D eigenvalue weighted by atomic mass is 10.0. The van der Waals surface area contributed by atoms with Crippen LogP contribution in [0.15, 0.2) is 36.4 Å². The first-order chi connectivity index (χ1) is 13.3. The van der Waals surface area contributed by atoms with Crippen molar-refractivity contribution in [3.63, 3.8) is 0 Å². The molecule has 0 spiro atoms. The number of ether oxygens (including phenoxy) is 1. The van der Waals surface area contributed by atoms with Crippen LogP contribution in [0.1, 0.15) is 12.5 Å². The third kappa shape index (κ3) is 4.45. The van der Waals surface area contributed by atoms with Crippen molar-refractivity contribution in [1.82, 2.24) is 10.3 Å². The Balaban J connectivity index is 1.89. The fourth-order valence-corrected chi connectivity index (χ4v) is 2.92. The first-order valence-electron chi connectivity index (χ1n) is 8.69. The molecule has 1 atom stereocenters. The van der Waals surface area contributed by atoms with E-state index in [0.717, 1.165) is 6.07 Å². The van der Waals surface area contributed by atoms with Crippen LogP contribution in [-0.2, 0) is 11.2 Å². The Kier molecular flexibility index (Phi) is 5.89. The number of amides is 1. The van der Waals surface area contributed by atoms with E-state index in [1.54, 1.807) is 0 Å². The van der Waals surface area contributed by atoms with Crippen molar-refractivity contribution >= 4 is 17.0 Å². The number of carbonyl (C=O) groups is 1. The first-order valence-corrected chi connectivity index (χ1v) is 8.69. The number of aliphatic hydroxyl groups excluding tert-OH is 1. The van der Waals surface area contributed by atoms with Crippen molar-refractivity contribution < 1.29 is 27.8 Å². The number of fused-ring (bicyclic) bond motifs is 1. The molecule has 3 aromatic rings. The molecular weight excluding hydrogens is 373 g/mol. The van der Waals surface area contributed by atoms with Gasteiger partial charge in [0.2, 0.25) is 0 Å². The molecular formula is C20H19F3N2O3. The number of rotatable bonds is 6. The van der Waals surface area contributed by atoms with Gasteiger partial charge < -0.3 is 20.1 Å². The number of H-pyrrole nitrogens is 1. The molecule has 0 fully saturated rings. The summed E-state index contributed by atoms with van der Waals surface area (Å²) in [5.41, 5.74) is 1.75. The fraction of sp³-hybridized carbons (Fsp3) is 0.250. The van der Waals surface area contributed by atoms with E-state index in [0.29, 0.717) is 22.2 Å². The van der Waals surface area contributed by atoms with Gasteiger partial charge in [-0.15, -0.1) is 0 Å². The molecule has 0 bridgehead atoms. The molecule has 0 saturated carbocycles. The van der Waals surface area contributed by atoms with Gasteiger partial charge in [0.05, 0.1) is 18.2 Å². The number of alkyl carbamates (subject to hydrolysis) is 1. The van der Waals surface area contributed by atoms with Crippen molar-refractivity contribution in [3.05, 3.63) is 59.4 Å². The number of benzene rings is 2. The molecule has 3 N–H and O–H groups in total. The van der Waals surface area contributed by atoms with Crippen LogP contribution >= 0.6 is 0 Å². The van der Waals surface area contributed by atoms with Crippen LogP contribution in [0.3, 0.4) is 0 Å². The highest BCUT2D eigenvalue weighted by Gasteiger charge is 2.17. The maximum absolute atomic E-state index is 14.2. The molecule has 3 rings (SSSR count). The van der Waals surface area contributed by atoms with Gasteiger partial charge in [-0.25, -0.2) is 18.0 Å². The smallest absolute Gasteiger partial charge is 0.407 e. The molecule has 0 unspecified atom stereocenters. The Morgan fingerprint density at radius 3 is 2.57 bits per heavy atom. The SMILES string of the molecule is C[C@@H](O)CNC(=O)OCCc1c(-c2ccc(F)cc2)[nH]c2c(F)cc(F)cc12. The standard InChI is InChI=1S/C20H19F3N2O3/c1-11(26)10-24-20(27)28-7-6-15-16-8-14(22)9-17(23)19(16)25-18(15)12-2-4-13(21)5-3-12/h2-5,8-9,11,25-26H,6-7,10H2,1H3,(H,24,27)/t11-/m1/s1. The Morgan fingerprint density at radius 1 is 1.18 bits per heavy atom. The van der Waals surface area contributed by atoms with Gasteiger partial charge in [0.25, 0.3) is 0 Å². The van der Waals surface area contributed by atoms with E-state index < -0.39 is 29.6 Å². The number of aromatic amines is 1. The Bertz CT molecular complexity index is 985. The van der Waals surface area contributed by atoms with Crippen LogP contribution in [-0.4, -0.2) is 35.4 Å². The molecule has 0 aliphatic heterocycles. The lowest BCUT2D eigenvalue weighted by Gasteiger charge is -2.09. The number of carbonyl (C=O) groups excluding carboxylic acids is 1. The molecule has 0 aliphatic carbocycles. The predicted molar refractivity (Wildman–Crippen MR) is 98.3 cm³/mol. The van der Waals surface area contributed by atoms with Crippen LogP contribution in [0, 0.1) is 17.5 Å². The molecule has 28 heavy (non-hydrogen) atoms. The topological polar surface area (TPSA) is 74.3 Å². The number of aliphatic hydroxyl groups is 1. The number of hydrogen-bond donors (Lipinski definition) is 3. The van der Waals surface area contributed by atoms with E-state index in [2.05, 4.69) is 10.3 Å². The first kappa shape index (κ1) is 19.8. The number of hydrogen-bond acceptors (Lipinski definition) is 3. The van der Waals surface area contributed by atoms with Crippen molar-refractivity contribution in [2.45, 2.75) is 19.4 Å². The van der Waals surface area contributed by atoms with Crippen LogP contribution in [0.25, 0.3) is 22.2 Å². The molecule has 0 radical (unpaired) electrons. The Morgan fingerprint density at radius 2 is 1.89 bits per heavy atom. The monoisotopic (exact) mass is 392 g/mol. The number of nitrogens with one attached hydrogen (secondary N) is 2. The highest BCUT2D eigenvalue weighted by molar-refractivity contribution is 5.91. The van der Waals surface area contributed by atoms with Gasteiger partial charge in [-0.05, 0) is 48.4 Å². The average Bonchev–Trinajstić information content (AvgIpc) is 2.99. The van der Waals surface area contributed by atoms with Crippen LogP contribution in [0.4, 0.5) is 18.0 Å². The highest BCUT2D eigenvalue weighted by atomic mass is 19.1. The van der Waals surface area contributed by atoms with Gasteiger partial charge in [0, 0.05) is 30.1 Å². The largest absolute Gasteiger partial charge is 0.449 e. The summed E-state index contributed by atoms with van der Waals surface area (Å²) >= 11 is 0. The lowest BCUT2D eigenvalue weighted by molar-refractivity contribution is 0.136. The van der Waals surface area contributed by atoms with Gasteiger partial charge >= 0.3 is 6.09 Å². The summed E-state index contributed by atoms with van der Waals surface area (Å²) in [5.74, 6) is -1.90. The second-order valence-corrected chi connectivity index (χ2v) is 6.41. The molecule has 5 nitrogen and oxygen atoms in total. The minimum Gasteiger partial charge on any atom is -0.449 e. The Labute approximate surface area is 159 Å². The fourth-order valence-electron chi connectivity index (χ4n) is 2.92. The summed E-state index contributed by atoms with van der Waals surface area (Å²) < 4.78 is 46.2. The van der Waals surface area contributed by atoms with Gasteiger partial charge in [-0.3, -0.25) is 0 Å². The zero-order valence-electron chi connectivity index (χ0n) is 15.1. The van der Waals surface area contributed by atoms with Crippen molar-refractivity contribution in [2.24, 2.45) is 0 Å². The number of halogens is 3. The van der Waals surface area contributed by atoms with E-state index in [4.69, 9.17) is 9.84 Å². The normalized spacial score (nSPS) is 12.2.